The zero-order valence-electron chi connectivity index (χ0n) is 20.7. The van der Waals surface area contributed by atoms with Crippen LogP contribution in [-0.4, -0.2) is 3.21 Å². The molecular formula is C29H36Cl2Zr-2. The van der Waals surface area contributed by atoms with Crippen LogP contribution in [0.4, 0.5) is 0 Å². The molecule has 0 spiro atoms. The van der Waals surface area contributed by atoms with E-state index < -0.39 is 0 Å². The smallest absolute Gasteiger partial charge is 0.172 e. The summed E-state index contributed by atoms with van der Waals surface area (Å²) in [7, 11) is 0. The van der Waals surface area contributed by atoms with E-state index in [4.69, 9.17) is 0 Å². The number of hydrogen-bond donors (Lipinski definition) is 0. The molecule has 0 amide bonds. The van der Waals surface area contributed by atoms with E-state index in [0.717, 1.165) is 6.42 Å². The fourth-order valence-electron chi connectivity index (χ4n) is 3.58. The summed E-state index contributed by atoms with van der Waals surface area (Å²) in [6.45, 7) is 18.0. The van der Waals surface area contributed by atoms with Gasteiger partial charge in [0.25, 0.3) is 0 Å². The zero-order valence-corrected chi connectivity index (χ0v) is 24.7. The number of rotatable bonds is 0. The van der Waals surface area contributed by atoms with Gasteiger partial charge in [0.1, 0.15) is 0 Å². The Bertz CT molecular complexity index is 950. The largest absolute Gasteiger partial charge is 1.00 e. The molecule has 0 saturated heterocycles. The second kappa shape index (κ2) is 13.1. The molecular weight excluding hydrogens is 510 g/mol. The minimum atomic E-state index is 0. The molecule has 0 bridgehead atoms. The van der Waals surface area contributed by atoms with Crippen LogP contribution in [0.2, 0.25) is 0 Å². The summed E-state index contributed by atoms with van der Waals surface area (Å²) in [5, 5.41) is 0. The SMILES string of the molecule is CC(C)(C)c1c[c-]c2c(c1)-c1cccc(C(C)(C)C)c1C2.C[C](C)=[Zr+2].[Cl-].[Cl-].c1cc[cH-]c1. The van der Waals surface area contributed by atoms with Crippen molar-refractivity contribution in [2.75, 3.05) is 0 Å². The van der Waals surface area contributed by atoms with Gasteiger partial charge in [-0.05, 0) is 23.0 Å². The summed E-state index contributed by atoms with van der Waals surface area (Å²) in [4.78, 5) is 0. The summed E-state index contributed by atoms with van der Waals surface area (Å²) >= 11 is 1.55. The monoisotopic (exact) mass is 544 g/mol. The van der Waals surface area contributed by atoms with Crippen LogP contribution in [0.3, 0.4) is 0 Å². The Labute approximate surface area is 223 Å². The average molecular weight is 547 g/mol. The molecule has 0 nitrogen and oxygen atoms in total. The van der Waals surface area contributed by atoms with E-state index in [1.807, 2.05) is 30.3 Å². The number of hydrogen-bond acceptors (Lipinski definition) is 0. The maximum Gasteiger partial charge on any atom is -0.172 e. The van der Waals surface area contributed by atoms with Gasteiger partial charge in [-0.1, -0.05) is 70.7 Å². The predicted molar refractivity (Wildman–Crippen MR) is 129 cm³/mol. The third-order valence-electron chi connectivity index (χ3n) is 5.08. The van der Waals surface area contributed by atoms with E-state index in [2.05, 4.69) is 91.8 Å². The fraction of sp³-hybridized carbons (Fsp3) is 0.379. The van der Waals surface area contributed by atoms with E-state index >= 15 is 0 Å². The van der Waals surface area contributed by atoms with E-state index in [1.54, 1.807) is 24.2 Å². The standard InChI is InChI=1S/C21H25.C5H5.C3H6.2ClH.Zr/c1-20(2,3)15-11-10-14-12-18-16(17(14)13-15)8-7-9-19(18)21(4,5)6;1-2-4-5-3-1;1-3-2;;;/h7-9,11,13H,12H2,1-6H3;1-5H;1-2H3;2*1H;/q2*-1;;;;+2/p-2. The minimum absolute atomic E-state index is 0. The molecule has 32 heavy (non-hydrogen) atoms. The molecule has 4 rings (SSSR count). The van der Waals surface area contributed by atoms with Gasteiger partial charge in [0.2, 0.25) is 0 Å². The van der Waals surface area contributed by atoms with Crippen LogP contribution in [0.5, 0.6) is 0 Å². The first-order valence-electron chi connectivity index (χ1n) is 10.8. The Morgan fingerprint density at radius 2 is 1.44 bits per heavy atom. The van der Waals surface area contributed by atoms with Crippen LogP contribution >= 0.6 is 0 Å². The number of fused-ring (bicyclic) bond motifs is 3. The predicted octanol–water partition coefficient (Wildman–Crippen LogP) is 1.81. The van der Waals surface area contributed by atoms with Crippen molar-refractivity contribution in [3.63, 3.8) is 0 Å². The molecule has 0 aromatic heterocycles. The van der Waals surface area contributed by atoms with Crippen LogP contribution in [0.25, 0.3) is 11.1 Å². The molecule has 172 valence electrons. The van der Waals surface area contributed by atoms with Crippen molar-refractivity contribution in [2.45, 2.75) is 72.6 Å². The molecule has 3 aromatic rings. The first-order chi connectivity index (χ1) is 13.9. The summed E-state index contributed by atoms with van der Waals surface area (Å²) in [5.41, 5.74) is 8.88. The third kappa shape index (κ3) is 8.81. The zero-order chi connectivity index (χ0) is 22.5. The van der Waals surface area contributed by atoms with Gasteiger partial charge < -0.3 is 24.8 Å². The van der Waals surface area contributed by atoms with E-state index in [-0.39, 0.29) is 35.6 Å². The first-order valence-corrected chi connectivity index (χ1v) is 12.0. The average Bonchev–Trinajstić information content (AvgIpc) is 3.30. The molecule has 3 heteroatoms. The van der Waals surface area contributed by atoms with Crippen molar-refractivity contribution in [1.82, 2.24) is 0 Å². The molecule has 3 aromatic carbocycles. The number of benzene rings is 2. The van der Waals surface area contributed by atoms with Crippen LogP contribution < -0.4 is 24.8 Å². The summed E-state index contributed by atoms with van der Waals surface area (Å²) in [6.07, 6.45) is 1.03. The van der Waals surface area contributed by atoms with Crippen molar-refractivity contribution < 1.29 is 49.0 Å². The molecule has 1 aliphatic rings. The summed E-state index contributed by atoms with van der Waals surface area (Å²) in [6, 6.07) is 24.9. The second-order valence-electron chi connectivity index (χ2n) is 10.3. The molecule has 0 unspecified atom stereocenters. The van der Waals surface area contributed by atoms with Gasteiger partial charge in [-0.2, -0.15) is 47.5 Å². The Kier molecular flexibility index (Phi) is 12.8. The quantitative estimate of drug-likeness (QED) is 0.295. The van der Waals surface area contributed by atoms with Crippen LogP contribution in [-0.2, 0) is 41.5 Å². The molecule has 1 aliphatic carbocycles. The van der Waals surface area contributed by atoms with E-state index in [0.29, 0.717) is 0 Å². The summed E-state index contributed by atoms with van der Waals surface area (Å²) in [5.74, 6) is 0. The normalized spacial score (nSPS) is 11.3. The molecule has 0 saturated carbocycles. The van der Waals surface area contributed by atoms with Gasteiger partial charge in [-0.25, -0.2) is 12.1 Å². The maximum absolute atomic E-state index is 3.55. The molecule has 0 fully saturated rings. The van der Waals surface area contributed by atoms with Crippen molar-refractivity contribution in [1.29, 1.82) is 0 Å². The molecule has 0 heterocycles. The Hall–Kier alpha value is -0.877. The van der Waals surface area contributed by atoms with Gasteiger partial charge in [-0.3, -0.25) is 0 Å². The molecule has 0 atom stereocenters. The van der Waals surface area contributed by atoms with Gasteiger partial charge >= 0.3 is 41.3 Å². The van der Waals surface area contributed by atoms with Crippen LogP contribution in [0, 0.1) is 6.07 Å². The van der Waals surface area contributed by atoms with Gasteiger partial charge in [0.15, 0.2) is 0 Å². The Morgan fingerprint density at radius 1 is 0.875 bits per heavy atom. The molecule has 0 aliphatic heterocycles. The minimum Gasteiger partial charge on any atom is -1.00 e. The van der Waals surface area contributed by atoms with Gasteiger partial charge in [0, 0.05) is 0 Å². The maximum atomic E-state index is 3.55. The van der Waals surface area contributed by atoms with Crippen molar-refractivity contribution in [3.05, 3.63) is 89.0 Å². The van der Waals surface area contributed by atoms with Crippen LogP contribution in [0.1, 0.15) is 77.6 Å². The van der Waals surface area contributed by atoms with Crippen molar-refractivity contribution in [3.8, 4) is 11.1 Å². The van der Waals surface area contributed by atoms with E-state index in [9.17, 15) is 0 Å². The van der Waals surface area contributed by atoms with Gasteiger partial charge in [-0.15, -0.1) is 5.56 Å². The van der Waals surface area contributed by atoms with Crippen molar-refractivity contribution >= 4 is 3.21 Å². The molecule has 0 N–H and O–H groups in total. The number of halogens is 2. The molecule has 0 radical (unpaired) electrons. The first kappa shape index (κ1) is 31.1. The fourth-order valence-corrected chi connectivity index (χ4v) is 3.58. The van der Waals surface area contributed by atoms with Crippen LogP contribution in [0.15, 0.2) is 60.7 Å². The third-order valence-corrected chi connectivity index (χ3v) is 5.08. The summed E-state index contributed by atoms with van der Waals surface area (Å²) < 4.78 is 1.51. The topological polar surface area (TPSA) is 0 Å². The Balaban J connectivity index is 0.000000739. The Morgan fingerprint density at radius 3 is 1.88 bits per heavy atom. The van der Waals surface area contributed by atoms with Crippen molar-refractivity contribution in [2.24, 2.45) is 0 Å². The van der Waals surface area contributed by atoms with Gasteiger partial charge in [0.05, 0.1) is 0 Å². The van der Waals surface area contributed by atoms with E-state index in [1.165, 1.54) is 36.6 Å². The second-order valence-corrected chi connectivity index (χ2v) is 12.7.